The van der Waals surface area contributed by atoms with E-state index in [0.717, 1.165) is 17.0 Å². The van der Waals surface area contributed by atoms with Crippen LogP contribution in [0, 0.1) is 0 Å². The summed E-state index contributed by atoms with van der Waals surface area (Å²) in [7, 11) is 0. The third-order valence-corrected chi connectivity index (χ3v) is 2.46. The van der Waals surface area contributed by atoms with Gasteiger partial charge in [0.05, 0.1) is 0 Å². The molecule has 0 saturated heterocycles. The Hall–Kier alpha value is -1.10. The molecule has 0 aliphatic carbocycles. The number of rotatable bonds is 3. The summed E-state index contributed by atoms with van der Waals surface area (Å²) in [5.74, 6) is -5.94. The predicted molar refractivity (Wildman–Crippen MR) is 49.8 cm³/mol. The molecule has 0 bridgehead atoms. The summed E-state index contributed by atoms with van der Waals surface area (Å²) in [6.45, 7) is 0. The maximum Gasteiger partial charge on any atom is 0.379 e. The van der Waals surface area contributed by atoms with Gasteiger partial charge in [-0.15, -0.1) is 11.8 Å². The summed E-state index contributed by atoms with van der Waals surface area (Å²) in [5, 5.41) is 8.27. The molecule has 76 valence electrons. The second-order valence-corrected chi connectivity index (χ2v) is 3.49. The molecule has 0 aromatic heterocycles. The zero-order valence-electron chi connectivity index (χ0n) is 7.33. The van der Waals surface area contributed by atoms with Crippen molar-refractivity contribution in [2.24, 2.45) is 0 Å². The molecule has 1 rings (SSSR count). The number of carboxylic acids is 1. The Kier molecular flexibility index (Phi) is 3.10. The highest BCUT2D eigenvalue weighted by molar-refractivity contribution is 7.98. The molecule has 0 radical (unpaired) electrons. The molecule has 0 heterocycles. The Morgan fingerprint density at radius 1 is 1.36 bits per heavy atom. The molecular weight excluding hydrogens is 210 g/mol. The minimum Gasteiger partial charge on any atom is -0.477 e. The molecule has 0 unspecified atom stereocenters. The fourth-order valence-electron chi connectivity index (χ4n) is 0.924. The summed E-state index contributed by atoms with van der Waals surface area (Å²) in [5.41, 5.74) is -0.497. The minimum absolute atomic E-state index is 0.497. The lowest BCUT2D eigenvalue weighted by Gasteiger charge is -2.11. The molecule has 0 fully saturated rings. The molecular formula is C9H8F2O2S. The van der Waals surface area contributed by atoms with Crippen molar-refractivity contribution in [2.75, 3.05) is 6.26 Å². The average molecular weight is 218 g/mol. The van der Waals surface area contributed by atoms with Gasteiger partial charge in [-0.2, -0.15) is 8.78 Å². The lowest BCUT2D eigenvalue weighted by atomic mass is 10.1. The SMILES string of the molecule is CSc1ccc(C(F)(F)C(=O)O)cc1. The molecule has 0 saturated carbocycles. The van der Waals surface area contributed by atoms with Crippen molar-refractivity contribution in [3.05, 3.63) is 29.8 Å². The molecule has 5 heteroatoms. The standard InChI is InChI=1S/C9H8F2O2S/c1-14-7-4-2-6(3-5-7)9(10,11)8(12)13/h2-5H,1H3,(H,12,13). The Bertz CT molecular complexity index is 335. The number of alkyl halides is 2. The smallest absolute Gasteiger partial charge is 0.379 e. The molecule has 0 spiro atoms. The van der Waals surface area contributed by atoms with Crippen LogP contribution < -0.4 is 0 Å². The average Bonchev–Trinajstić information content (AvgIpc) is 2.17. The van der Waals surface area contributed by atoms with E-state index >= 15 is 0 Å². The molecule has 1 aromatic carbocycles. The van der Waals surface area contributed by atoms with Gasteiger partial charge in [0.25, 0.3) is 0 Å². The third-order valence-electron chi connectivity index (χ3n) is 1.72. The van der Waals surface area contributed by atoms with Crippen molar-refractivity contribution >= 4 is 17.7 Å². The van der Waals surface area contributed by atoms with Crippen LogP contribution in [-0.2, 0) is 10.7 Å². The Morgan fingerprint density at radius 3 is 2.21 bits per heavy atom. The van der Waals surface area contributed by atoms with Crippen LogP contribution in [0.3, 0.4) is 0 Å². The number of carbonyl (C=O) groups is 1. The van der Waals surface area contributed by atoms with Crippen molar-refractivity contribution < 1.29 is 18.7 Å². The van der Waals surface area contributed by atoms with E-state index in [1.54, 1.807) is 0 Å². The fraction of sp³-hybridized carbons (Fsp3) is 0.222. The number of aliphatic carboxylic acids is 1. The first kappa shape index (κ1) is 11.0. The second kappa shape index (κ2) is 3.96. The highest BCUT2D eigenvalue weighted by Gasteiger charge is 2.40. The van der Waals surface area contributed by atoms with Crippen molar-refractivity contribution in [1.82, 2.24) is 0 Å². The van der Waals surface area contributed by atoms with Gasteiger partial charge in [-0.25, -0.2) is 4.79 Å². The van der Waals surface area contributed by atoms with Crippen LogP contribution in [0.1, 0.15) is 5.56 Å². The molecule has 0 aliphatic rings. The normalized spacial score (nSPS) is 11.4. The first-order chi connectivity index (χ1) is 6.48. The fourth-order valence-corrected chi connectivity index (χ4v) is 1.33. The summed E-state index contributed by atoms with van der Waals surface area (Å²) >= 11 is 1.40. The predicted octanol–water partition coefficient (Wildman–Crippen LogP) is 2.58. The van der Waals surface area contributed by atoms with Crippen LogP contribution >= 0.6 is 11.8 Å². The van der Waals surface area contributed by atoms with Gasteiger partial charge in [-0.05, 0) is 18.4 Å². The number of carboxylic acid groups (broad SMARTS) is 1. The lowest BCUT2D eigenvalue weighted by Crippen LogP contribution is -2.25. The van der Waals surface area contributed by atoms with Gasteiger partial charge in [0.1, 0.15) is 0 Å². The van der Waals surface area contributed by atoms with Gasteiger partial charge in [-0.1, -0.05) is 12.1 Å². The zero-order chi connectivity index (χ0) is 10.8. The van der Waals surface area contributed by atoms with Crippen LogP contribution in [0.5, 0.6) is 0 Å². The summed E-state index contributed by atoms with van der Waals surface area (Å²) in [6, 6.07) is 5.19. The molecule has 2 nitrogen and oxygen atoms in total. The van der Waals surface area contributed by atoms with Crippen molar-refractivity contribution in [1.29, 1.82) is 0 Å². The topological polar surface area (TPSA) is 37.3 Å². The van der Waals surface area contributed by atoms with E-state index in [1.165, 1.54) is 23.9 Å². The van der Waals surface area contributed by atoms with E-state index in [0.29, 0.717) is 0 Å². The number of hydrogen-bond donors (Lipinski definition) is 1. The maximum atomic E-state index is 12.9. The number of hydrogen-bond acceptors (Lipinski definition) is 2. The van der Waals surface area contributed by atoms with Gasteiger partial charge in [0, 0.05) is 10.5 Å². The van der Waals surface area contributed by atoms with Crippen LogP contribution in [0.15, 0.2) is 29.2 Å². The van der Waals surface area contributed by atoms with Crippen LogP contribution in [-0.4, -0.2) is 17.3 Å². The van der Waals surface area contributed by atoms with E-state index < -0.39 is 17.5 Å². The maximum absolute atomic E-state index is 12.9. The van der Waals surface area contributed by atoms with Crippen molar-refractivity contribution in [2.45, 2.75) is 10.8 Å². The minimum atomic E-state index is -3.81. The van der Waals surface area contributed by atoms with Gasteiger partial charge in [0.2, 0.25) is 0 Å². The molecule has 0 atom stereocenters. The monoisotopic (exact) mass is 218 g/mol. The van der Waals surface area contributed by atoms with Gasteiger partial charge < -0.3 is 5.11 Å². The van der Waals surface area contributed by atoms with Gasteiger partial charge in [0.15, 0.2) is 0 Å². The second-order valence-electron chi connectivity index (χ2n) is 2.61. The van der Waals surface area contributed by atoms with Crippen molar-refractivity contribution in [3.8, 4) is 0 Å². The Balaban J connectivity index is 3.02. The third kappa shape index (κ3) is 2.04. The van der Waals surface area contributed by atoms with Crippen LogP contribution in [0.4, 0.5) is 8.78 Å². The van der Waals surface area contributed by atoms with E-state index in [4.69, 9.17) is 5.11 Å². The molecule has 1 N–H and O–H groups in total. The zero-order valence-corrected chi connectivity index (χ0v) is 8.15. The molecule has 1 aromatic rings. The van der Waals surface area contributed by atoms with Crippen molar-refractivity contribution in [3.63, 3.8) is 0 Å². The first-order valence-corrected chi connectivity index (χ1v) is 4.96. The quantitative estimate of drug-likeness (QED) is 0.792. The molecule has 0 amide bonds. The first-order valence-electron chi connectivity index (χ1n) is 3.74. The summed E-state index contributed by atoms with van der Waals surface area (Å²) < 4.78 is 25.8. The highest BCUT2D eigenvalue weighted by atomic mass is 32.2. The van der Waals surface area contributed by atoms with Crippen LogP contribution in [0.2, 0.25) is 0 Å². The van der Waals surface area contributed by atoms with E-state index in [-0.39, 0.29) is 0 Å². The highest BCUT2D eigenvalue weighted by Crippen LogP contribution is 2.29. The molecule has 14 heavy (non-hydrogen) atoms. The number of thioether (sulfide) groups is 1. The number of benzene rings is 1. The van der Waals surface area contributed by atoms with E-state index in [2.05, 4.69) is 0 Å². The largest absolute Gasteiger partial charge is 0.477 e. The van der Waals surface area contributed by atoms with E-state index in [9.17, 15) is 13.6 Å². The van der Waals surface area contributed by atoms with Crippen LogP contribution in [0.25, 0.3) is 0 Å². The summed E-state index contributed by atoms with van der Waals surface area (Å²) in [6.07, 6.45) is 1.81. The van der Waals surface area contributed by atoms with E-state index in [1.807, 2.05) is 6.26 Å². The Labute approximate surface area is 83.9 Å². The molecule has 0 aliphatic heterocycles. The van der Waals surface area contributed by atoms with Gasteiger partial charge in [-0.3, -0.25) is 0 Å². The Morgan fingerprint density at radius 2 is 1.86 bits per heavy atom. The van der Waals surface area contributed by atoms with Gasteiger partial charge >= 0.3 is 11.9 Å². The summed E-state index contributed by atoms with van der Waals surface area (Å²) in [4.78, 5) is 11.0. The number of halogens is 2. The lowest BCUT2D eigenvalue weighted by molar-refractivity contribution is -0.166.